The van der Waals surface area contributed by atoms with Gasteiger partial charge in [-0.05, 0) is 30.3 Å². The SMILES string of the molecule is NCCc1c[nH]cn1.NCc1ccc2occc2c1. The quantitative estimate of drug-likeness (QED) is 0.667. The number of fused-ring (bicyclic) bond motifs is 1. The Hall–Kier alpha value is -2.11. The number of aromatic nitrogens is 2. The van der Waals surface area contributed by atoms with Gasteiger partial charge in [-0.2, -0.15) is 0 Å². The number of nitrogens with two attached hydrogens (primary N) is 2. The second-order valence-corrected chi connectivity index (χ2v) is 4.10. The fraction of sp³-hybridized carbons (Fsp3) is 0.214. The van der Waals surface area contributed by atoms with Gasteiger partial charge in [0.2, 0.25) is 0 Å². The molecule has 100 valence electrons. The van der Waals surface area contributed by atoms with Gasteiger partial charge in [-0.25, -0.2) is 4.98 Å². The monoisotopic (exact) mass is 258 g/mol. The average molecular weight is 258 g/mol. The van der Waals surface area contributed by atoms with Crippen molar-refractivity contribution < 1.29 is 4.42 Å². The second kappa shape index (κ2) is 6.72. The van der Waals surface area contributed by atoms with Gasteiger partial charge in [-0.1, -0.05) is 6.07 Å². The van der Waals surface area contributed by atoms with Crippen molar-refractivity contribution in [3.05, 3.63) is 54.3 Å². The molecule has 0 aliphatic carbocycles. The minimum atomic E-state index is 0.584. The zero-order valence-corrected chi connectivity index (χ0v) is 10.7. The maximum absolute atomic E-state index is 5.48. The first-order valence-electron chi connectivity index (χ1n) is 6.17. The number of benzene rings is 1. The van der Waals surface area contributed by atoms with E-state index in [4.69, 9.17) is 15.9 Å². The molecule has 5 N–H and O–H groups in total. The van der Waals surface area contributed by atoms with Gasteiger partial charge in [-0.15, -0.1) is 0 Å². The predicted molar refractivity (Wildman–Crippen MR) is 75.5 cm³/mol. The van der Waals surface area contributed by atoms with Gasteiger partial charge in [0.15, 0.2) is 0 Å². The molecule has 2 heterocycles. The van der Waals surface area contributed by atoms with Crippen LogP contribution in [0, 0.1) is 0 Å². The van der Waals surface area contributed by atoms with Crippen molar-refractivity contribution in [1.29, 1.82) is 0 Å². The predicted octanol–water partition coefficient (Wildman–Crippen LogP) is 1.80. The van der Waals surface area contributed by atoms with E-state index in [0.29, 0.717) is 13.1 Å². The Labute approximate surface area is 111 Å². The number of hydrogen-bond acceptors (Lipinski definition) is 4. The standard InChI is InChI=1S/C9H9NO.C5H9N3/c10-6-7-1-2-9-8(5-7)3-4-11-9;6-2-1-5-3-7-4-8-5/h1-5H,6,10H2;3-4H,1-2,6H2,(H,7,8). The lowest BCUT2D eigenvalue weighted by Crippen LogP contribution is -2.02. The second-order valence-electron chi connectivity index (χ2n) is 4.10. The van der Waals surface area contributed by atoms with Gasteiger partial charge in [0.25, 0.3) is 0 Å². The molecule has 0 saturated heterocycles. The maximum atomic E-state index is 5.48. The summed E-state index contributed by atoms with van der Waals surface area (Å²) in [6, 6.07) is 7.90. The van der Waals surface area contributed by atoms with Crippen molar-refractivity contribution >= 4 is 11.0 Å². The van der Waals surface area contributed by atoms with Crippen LogP contribution >= 0.6 is 0 Å². The Morgan fingerprint density at radius 3 is 2.79 bits per heavy atom. The molecule has 5 nitrogen and oxygen atoms in total. The number of hydrogen-bond donors (Lipinski definition) is 3. The Morgan fingerprint density at radius 2 is 2.11 bits per heavy atom. The highest BCUT2D eigenvalue weighted by Gasteiger charge is 1.95. The van der Waals surface area contributed by atoms with E-state index in [0.717, 1.165) is 28.6 Å². The Morgan fingerprint density at radius 1 is 1.21 bits per heavy atom. The lowest BCUT2D eigenvalue weighted by Gasteiger charge is -1.93. The largest absolute Gasteiger partial charge is 0.464 e. The van der Waals surface area contributed by atoms with Crippen LogP contribution in [0.3, 0.4) is 0 Å². The van der Waals surface area contributed by atoms with Gasteiger partial charge >= 0.3 is 0 Å². The van der Waals surface area contributed by atoms with Crippen LogP contribution in [-0.2, 0) is 13.0 Å². The number of nitrogens with one attached hydrogen (secondary N) is 1. The molecule has 1 aromatic carbocycles. The van der Waals surface area contributed by atoms with Crippen molar-refractivity contribution in [3.8, 4) is 0 Å². The zero-order chi connectivity index (χ0) is 13.5. The van der Waals surface area contributed by atoms with Crippen LogP contribution in [0.4, 0.5) is 0 Å². The van der Waals surface area contributed by atoms with E-state index in [1.807, 2.05) is 30.5 Å². The topological polar surface area (TPSA) is 93.9 Å². The van der Waals surface area contributed by atoms with Gasteiger partial charge in [0, 0.05) is 24.5 Å². The van der Waals surface area contributed by atoms with Crippen LogP contribution in [-0.4, -0.2) is 16.5 Å². The normalized spacial score (nSPS) is 10.2. The molecule has 2 aromatic heterocycles. The summed E-state index contributed by atoms with van der Waals surface area (Å²) in [5, 5.41) is 1.12. The first-order chi connectivity index (χ1) is 9.33. The molecule has 3 rings (SSSR count). The Bertz CT molecular complexity index is 601. The summed E-state index contributed by atoms with van der Waals surface area (Å²) in [5.74, 6) is 0. The number of imidazole rings is 1. The van der Waals surface area contributed by atoms with Crippen LogP contribution < -0.4 is 11.5 Å². The smallest absolute Gasteiger partial charge is 0.133 e. The molecule has 0 fully saturated rings. The lowest BCUT2D eigenvalue weighted by atomic mass is 10.2. The molecule has 3 aromatic rings. The minimum absolute atomic E-state index is 0.584. The minimum Gasteiger partial charge on any atom is -0.464 e. The van der Waals surface area contributed by atoms with Gasteiger partial charge in [-0.3, -0.25) is 0 Å². The molecule has 0 aliphatic heterocycles. The van der Waals surface area contributed by atoms with E-state index in [1.165, 1.54) is 0 Å². The molecule has 5 heteroatoms. The van der Waals surface area contributed by atoms with Crippen LogP contribution in [0.5, 0.6) is 0 Å². The average Bonchev–Trinajstić information content (AvgIpc) is 3.09. The summed E-state index contributed by atoms with van der Waals surface area (Å²) < 4.78 is 5.18. The Kier molecular flexibility index (Phi) is 4.72. The van der Waals surface area contributed by atoms with Crippen molar-refractivity contribution in [2.45, 2.75) is 13.0 Å². The number of rotatable bonds is 3. The molecule has 0 spiro atoms. The van der Waals surface area contributed by atoms with Gasteiger partial charge in [0.05, 0.1) is 18.3 Å². The highest BCUT2D eigenvalue weighted by atomic mass is 16.3. The van der Waals surface area contributed by atoms with E-state index in [9.17, 15) is 0 Å². The van der Waals surface area contributed by atoms with E-state index in [2.05, 4.69) is 9.97 Å². The zero-order valence-electron chi connectivity index (χ0n) is 10.7. The van der Waals surface area contributed by atoms with Crippen LogP contribution in [0.2, 0.25) is 0 Å². The summed E-state index contributed by atoms with van der Waals surface area (Å²) in [4.78, 5) is 6.82. The van der Waals surface area contributed by atoms with Crippen molar-refractivity contribution in [1.82, 2.24) is 9.97 Å². The van der Waals surface area contributed by atoms with E-state index < -0.39 is 0 Å². The number of H-pyrrole nitrogens is 1. The number of aromatic amines is 1. The molecule has 0 radical (unpaired) electrons. The maximum Gasteiger partial charge on any atom is 0.133 e. The molecular weight excluding hydrogens is 240 g/mol. The molecule has 0 atom stereocenters. The van der Waals surface area contributed by atoms with Crippen molar-refractivity contribution in [2.75, 3.05) is 6.54 Å². The molecule has 0 saturated carbocycles. The molecule has 0 amide bonds. The van der Waals surface area contributed by atoms with Gasteiger partial charge < -0.3 is 20.9 Å². The molecular formula is C14H18N4O. The number of nitrogens with zero attached hydrogens (tertiary/aromatic N) is 1. The molecule has 19 heavy (non-hydrogen) atoms. The van der Waals surface area contributed by atoms with Crippen LogP contribution in [0.25, 0.3) is 11.0 Å². The molecule has 0 bridgehead atoms. The first-order valence-corrected chi connectivity index (χ1v) is 6.17. The molecule has 0 aliphatic rings. The third-order valence-electron chi connectivity index (χ3n) is 2.71. The Balaban J connectivity index is 0.000000148. The van der Waals surface area contributed by atoms with Crippen molar-refractivity contribution in [2.24, 2.45) is 11.5 Å². The molecule has 0 unspecified atom stereocenters. The van der Waals surface area contributed by atoms with Crippen molar-refractivity contribution in [3.63, 3.8) is 0 Å². The summed E-state index contributed by atoms with van der Waals surface area (Å²) in [6.45, 7) is 1.26. The lowest BCUT2D eigenvalue weighted by molar-refractivity contribution is 0.616. The first kappa shape index (κ1) is 13.3. The van der Waals surface area contributed by atoms with E-state index in [-0.39, 0.29) is 0 Å². The highest BCUT2D eigenvalue weighted by molar-refractivity contribution is 5.77. The van der Waals surface area contributed by atoms with E-state index in [1.54, 1.807) is 12.6 Å². The third-order valence-corrected chi connectivity index (χ3v) is 2.71. The summed E-state index contributed by atoms with van der Waals surface area (Å²) in [6.07, 6.45) is 6.06. The van der Waals surface area contributed by atoms with E-state index >= 15 is 0 Å². The summed E-state index contributed by atoms with van der Waals surface area (Å²) in [7, 11) is 0. The fourth-order valence-electron chi connectivity index (χ4n) is 1.72. The highest BCUT2D eigenvalue weighted by Crippen LogP contribution is 2.16. The third kappa shape index (κ3) is 3.67. The fourth-order valence-corrected chi connectivity index (χ4v) is 1.72. The van der Waals surface area contributed by atoms with Gasteiger partial charge in [0.1, 0.15) is 5.58 Å². The summed E-state index contributed by atoms with van der Waals surface area (Å²) >= 11 is 0. The number of furan rings is 1. The summed E-state index contributed by atoms with van der Waals surface area (Å²) in [5.41, 5.74) is 13.8. The van der Waals surface area contributed by atoms with Crippen LogP contribution in [0.1, 0.15) is 11.3 Å². The van der Waals surface area contributed by atoms with Crippen LogP contribution in [0.15, 0.2) is 47.5 Å².